The van der Waals surface area contributed by atoms with Crippen LogP contribution in [0.25, 0.3) is 0 Å². The zero-order valence-corrected chi connectivity index (χ0v) is 22.3. The molecular weight excluding hydrogens is 519 g/mol. The number of carbonyl (C=O) groups excluding carboxylic acids is 1. The van der Waals surface area contributed by atoms with Gasteiger partial charge in [-0.25, -0.2) is 9.59 Å². The van der Waals surface area contributed by atoms with Gasteiger partial charge in [-0.15, -0.1) is 0 Å². The zero-order valence-electron chi connectivity index (χ0n) is 20.8. The average Bonchev–Trinajstić information content (AvgIpc) is 2.95. The molecule has 1 aliphatic carbocycles. The summed E-state index contributed by atoms with van der Waals surface area (Å²) in [5.41, 5.74) is 3.30. The molecule has 0 aliphatic heterocycles. The van der Waals surface area contributed by atoms with Gasteiger partial charge in [0.05, 0.1) is 11.1 Å². The number of carbonyl (C=O) groups is 2. The number of halogens is 2. The van der Waals surface area contributed by atoms with E-state index in [0.717, 1.165) is 12.8 Å². The standard InChI is InChI=1S/C25H23ClO2.C7H5ClO2/c26-22-14-12-19(13-15-22)24(27)28-23-11-7-10-21(18-23)25(16-5-2-6-17-25)20-8-3-1-4-9-20;8-6-3-1-5(2-4-6)7(9)10/h1,3-4,7-15,18H,2,5-6,16-17H2;1-4H,(H,9,10). The summed E-state index contributed by atoms with van der Waals surface area (Å²) in [7, 11) is 0. The van der Waals surface area contributed by atoms with Gasteiger partial charge >= 0.3 is 11.9 Å². The van der Waals surface area contributed by atoms with E-state index in [4.69, 9.17) is 33.0 Å². The maximum Gasteiger partial charge on any atom is 0.343 e. The number of rotatable bonds is 5. The summed E-state index contributed by atoms with van der Waals surface area (Å²) in [6.45, 7) is 0. The van der Waals surface area contributed by atoms with Gasteiger partial charge in [0.2, 0.25) is 0 Å². The fourth-order valence-corrected chi connectivity index (χ4v) is 5.11. The van der Waals surface area contributed by atoms with Crippen molar-refractivity contribution in [3.63, 3.8) is 0 Å². The summed E-state index contributed by atoms with van der Waals surface area (Å²) in [5, 5.41) is 9.58. The van der Waals surface area contributed by atoms with Crippen LogP contribution in [0, 0.1) is 0 Å². The van der Waals surface area contributed by atoms with Crippen molar-refractivity contribution in [3.8, 4) is 5.75 Å². The highest BCUT2D eigenvalue weighted by molar-refractivity contribution is 6.31. The molecule has 0 bridgehead atoms. The lowest BCUT2D eigenvalue weighted by atomic mass is 9.65. The lowest BCUT2D eigenvalue weighted by molar-refractivity contribution is 0.0694. The summed E-state index contributed by atoms with van der Waals surface area (Å²) in [6, 6.07) is 31.5. The summed E-state index contributed by atoms with van der Waals surface area (Å²) in [5.74, 6) is -0.721. The first-order valence-electron chi connectivity index (χ1n) is 12.5. The predicted octanol–water partition coefficient (Wildman–Crippen LogP) is 8.85. The number of ether oxygens (including phenoxy) is 1. The molecule has 0 aromatic heterocycles. The smallest absolute Gasteiger partial charge is 0.343 e. The van der Waals surface area contributed by atoms with Crippen LogP contribution in [0.1, 0.15) is 63.9 Å². The fourth-order valence-electron chi connectivity index (χ4n) is 4.86. The van der Waals surface area contributed by atoms with Crippen molar-refractivity contribution in [3.05, 3.63) is 135 Å². The van der Waals surface area contributed by atoms with E-state index in [9.17, 15) is 9.59 Å². The molecule has 38 heavy (non-hydrogen) atoms. The number of esters is 1. The van der Waals surface area contributed by atoms with Crippen molar-refractivity contribution >= 4 is 35.1 Å². The number of benzene rings is 4. The zero-order chi connectivity index (χ0) is 27.0. The molecule has 0 amide bonds. The van der Waals surface area contributed by atoms with Crippen molar-refractivity contribution in [2.75, 3.05) is 0 Å². The van der Waals surface area contributed by atoms with Crippen LogP contribution in [0.15, 0.2) is 103 Å². The second-order valence-corrected chi connectivity index (χ2v) is 10.1. The third-order valence-corrected chi connectivity index (χ3v) is 7.31. The van der Waals surface area contributed by atoms with Crippen LogP contribution >= 0.6 is 23.2 Å². The van der Waals surface area contributed by atoms with Crippen molar-refractivity contribution in [2.45, 2.75) is 37.5 Å². The van der Waals surface area contributed by atoms with Gasteiger partial charge in [0, 0.05) is 15.5 Å². The van der Waals surface area contributed by atoms with Crippen LogP contribution in [0.4, 0.5) is 0 Å². The first-order chi connectivity index (χ1) is 18.4. The van der Waals surface area contributed by atoms with E-state index in [1.54, 1.807) is 36.4 Å². The first kappa shape index (κ1) is 27.4. The van der Waals surface area contributed by atoms with Crippen LogP contribution in [0.5, 0.6) is 5.75 Å². The summed E-state index contributed by atoms with van der Waals surface area (Å²) >= 11 is 11.4. The molecule has 6 heteroatoms. The molecule has 0 saturated heterocycles. The molecular formula is C32H28Cl2O4. The molecule has 4 aromatic rings. The van der Waals surface area contributed by atoms with Gasteiger partial charge in [-0.2, -0.15) is 0 Å². The Bertz CT molecular complexity index is 1360. The Balaban J connectivity index is 0.000000283. The highest BCUT2D eigenvalue weighted by Gasteiger charge is 2.35. The van der Waals surface area contributed by atoms with Crippen LogP contribution in [0.2, 0.25) is 10.0 Å². The third kappa shape index (κ3) is 6.83. The van der Waals surface area contributed by atoms with Gasteiger partial charge in [-0.1, -0.05) is 84.9 Å². The number of hydrogen-bond donors (Lipinski definition) is 1. The molecule has 0 unspecified atom stereocenters. The quantitative estimate of drug-likeness (QED) is 0.200. The van der Waals surface area contributed by atoms with Crippen LogP contribution in [0.3, 0.4) is 0 Å². The van der Waals surface area contributed by atoms with Gasteiger partial charge in [0.15, 0.2) is 0 Å². The van der Waals surface area contributed by atoms with E-state index < -0.39 is 5.97 Å². The molecule has 0 spiro atoms. The van der Waals surface area contributed by atoms with Crippen molar-refractivity contribution in [1.29, 1.82) is 0 Å². The Hall–Kier alpha value is -3.60. The average molecular weight is 547 g/mol. The Morgan fingerprint density at radius 1 is 0.658 bits per heavy atom. The molecule has 194 valence electrons. The topological polar surface area (TPSA) is 63.6 Å². The maximum absolute atomic E-state index is 12.5. The molecule has 4 nitrogen and oxygen atoms in total. The molecule has 1 saturated carbocycles. The van der Waals surface area contributed by atoms with Crippen molar-refractivity contribution in [2.24, 2.45) is 0 Å². The van der Waals surface area contributed by atoms with Gasteiger partial charge in [-0.3, -0.25) is 0 Å². The molecule has 1 aliphatic rings. The summed E-state index contributed by atoms with van der Waals surface area (Å²) in [4.78, 5) is 22.8. The minimum atomic E-state index is -0.934. The first-order valence-corrected chi connectivity index (χ1v) is 13.3. The Morgan fingerprint density at radius 2 is 1.21 bits per heavy atom. The number of carboxylic acid groups (broad SMARTS) is 1. The van der Waals surface area contributed by atoms with Gasteiger partial charge in [-0.05, 0) is 84.6 Å². The highest BCUT2D eigenvalue weighted by Crippen LogP contribution is 2.45. The normalized spacial score (nSPS) is 14.1. The largest absolute Gasteiger partial charge is 0.478 e. The second-order valence-electron chi connectivity index (χ2n) is 9.25. The van der Waals surface area contributed by atoms with Crippen LogP contribution in [-0.2, 0) is 5.41 Å². The molecule has 0 heterocycles. The summed E-state index contributed by atoms with van der Waals surface area (Å²) in [6.07, 6.45) is 5.93. The third-order valence-electron chi connectivity index (χ3n) is 6.80. The fraction of sp³-hybridized carbons (Fsp3) is 0.188. The number of aromatic carboxylic acids is 1. The van der Waals surface area contributed by atoms with Crippen LogP contribution < -0.4 is 4.74 Å². The lowest BCUT2D eigenvalue weighted by Crippen LogP contribution is -2.30. The Labute approximate surface area is 232 Å². The molecule has 1 N–H and O–H groups in total. The van der Waals surface area contributed by atoms with Gasteiger partial charge in [0.25, 0.3) is 0 Å². The Morgan fingerprint density at radius 3 is 1.79 bits per heavy atom. The molecule has 1 fully saturated rings. The molecule has 0 atom stereocenters. The second kappa shape index (κ2) is 12.8. The van der Waals surface area contributed by atoms with Crippen LogP contribution in [-0.4, -0.2) is 17.0 Å². The number of hydrogen-bond acceptors (Lipinski definition) is 3. The summed E-state index contributed by atoms with van der Waals surface area (Å²) < 4.78 is 5.67. The predicted molar refractivity (Wildman–Crippen MR) is 152 cm³/mol. The van der Waals surface area contributed by atoms with Crippen molar-refractivity contribution < 1.29 is 19.4 Å². The number of carboxylic acids is 1. The lowest BCUT2D eigenvalue weighted by Gasteiger charge is -2.38. The van der Waals surface area contributed by atoms with E-state index in [0.29, 0.717) is 21.4 Å². The minimum absolute atomic E-state index is 0.0117. The van der Waals surface area contributed by atoms with Crippen molar-refractivity contribution in [1.82, 2.24) is 0 Å². The van der Waals surface area contributed by atoms with E-state index in [-0.39, 0.29) is 16.9 Å². The van der Waals surface area contributed by atoms with E-state index in [1.165, 1.54) is 42.5 Å². The van der Waals surface area contributed by atoms with E-state index in [2.05, 4.69) is 36.4 Å². The monoisotopic (exact) mass is 546 g/mol. The highest BCUT2D eigenvalue weighted by atomic mass is 35.5. The molecule has 4 aromatic carbocycles. The van der Waals surface area contributed by atoms with E-state index in [1.807, 2.05) is 18.2 Å². The van der Waals surface area contributed by atoms with Gasteiger partial charge < -0.3 is 9.84 Å². The molecule has 0 radical (unpaired) electrons. The minimum Gasteiger partial charge on any atom is -0.478 e. The Kier molecular flexibility index (Phi) is 9.22. The maximum atomic E-state index is 12.5. The molecule has 5 rings (SSSR count). The van der Waals surface area contributed by atoms with Gasteiger partial charge in [0.1, 0.15) is 5.75 Å². The van der Waals surface area contributed by atoms with E-state index >= 15 is 0 Å². The SMILES string of the molecule is O=C(O)c1ccc(Cl)cc1.O=C(Oc1cccc(C2(c3ccccc3)CCCCC2)c1)c1ccc(Cl)cc1.